The molecule has 0 saturated heterocycles. The number of phenols is 1. The number of nitrogens with zero attached hydrogens (tertiary/aromatic N) is 3. The quantitative estimate of drug-likeness (QED) is 0.552. The van der Waals surface area contributed by atoms with Crippen LogP contribution in [0.4, 0.5) is 0 Å². The van der Waals surface area contributed by atoms with Crippen LogP contribution in [0.25, 0.3) is 17.5 Å². The number of rotatable bonds is 5. The van der Waals surface area contributed by atoms with Gasteiger partial charge in [0.1, 0.15) is 5.75 Å². The summed E-state index contributed by atoms with van der Waals surface area (Å²) in [5.41, 5.74) is 3.95. The molecule has 0 bridgehead atoms. The minimum atomic E-state index is -0.609. The first-order valence-electron chi connectivity index (χ1n) is 7.40. The van der Waals surface area contributed by atoms with E-state index in [4.69, 9.17) is 4.52 Å². The van der Waals surface area contributed by atoms with Crippen LogP contribution in [0.3, 0.4) is 0 Å². The zero-order valence-corrected chi connectivity index (χ0v) is 13.0. The van der Waals surface area contributed by atoms with Crippen molar-refractivity contribution < 1.29 is 14.4 Å². The number of aromatic nitrogens is 2. The fraction of sp³-hybridized carbons (Fsp3) is 0. The van der Waals surface area contributed by atoms with Crippen LogP contribution < -0.4 is 5.43 Å². The first-order chi connectivity index (χ1) is 12.2. The molecule has 0 unspecified atom stereocenters. The fourth-order valence-corrected chi connectivity index (χ4v) is 1.95. The normalized spacial score (nSPS) is 11.2. The van der Waals surface area contributed by atoms with Gasteiger partial charge in [-0.2, -0.15) is 10.1 Å². The molecule has 3 aromatic rings. The van der Waals surface area contributed by atoms with E-state index in [0.29, 0.717) is 5.56 Å². The van der Waals surface area contributed by atoms with Crippen molar-refractivity contribution in [1.29, 1.82) is 0 Å². The molecule has 0 saturated carbocycles. The van der Waals surface area contributed by atoms with Gasteiger partial charge in [-0.3, -0.25) is 4.79 Å². The molecule has 1 aromatic heterocycles. The van der Waals surface area contributed by atoms with Crippen molar-refractivity contribution in [2.24, 2.45) is 5.10 Å². The van der Waals surface area contributed by atoms with Crippen LogP contribution >= 0.6 is 0 Å². The number of carbonyl (C=O) groups excluding carboxylic acids is 1. The molecular formula is C18H14N4O3. The van der Waals surface area contributed by atoms with Gasteiger partial charge in [-0.25, -0.2) is 5.43 Å². The molecule has 0 aliphatic carbocycles. The molecule has 2 aromatic carbocycles. The predicted molar refractivity (Wildman–Crippen MR) is 92.8 cm³/mol. The van der Waals surface area contributed by atoms with E-state index in [9.17, 15) is 9.90 Å². The van der Waals surface area contributed by atoms with Crippen molar-refractivity contribution in [3.05, 3.63) is 72.1 Å². The Morgan fingerprint density at radius 2 is 1.88 bits per heavy atom. The average Bonchev–Trinajstić information content (AvgIpc) is 3.13. The Balaban J connectivity index is 1.57. The highest BCUT2D eigenvalue weighted by atomic mass is 16.5. The van der Waals surface area contributed by atoms with Gasteiger partial charge in [0.15, 0.2) is 0 Å². The number of aromatic hydroxyl groups is 1. The summed E-state index contributed by atoms with van der Waals surface area (Å²) in [7, 11) is 0. The Bertz CT molecular complexity index is 900. The molecule has 1 amide bonds. The first kappa shape index (κ1) is 16.1. The lowest BCUT2D eigenvalue weighted by atomic mass is 10.2. The fourth-order valence-electron chi connectivity index (χ4n) is 1.95. The standard InChI is InChI=1S/C18H14N4O3/c23-15-10-8-14(9-11-15)16-20-18(25-22-16)17(24)21-19-12-4-7-13-5-2-1-3-6-13/h1-12,23H,(H,21,24)/b7-4+,19-12+. The Morgan fingerprint density at radius 3 is 2.64 bits per heavy atom. The minimum absolute atomic E-state index is 0.128. The first-order valence-corrected chi connectivity index (χ1v) is 7.40. The summed E-state index contributed by atoms with van der Waals surface area (Å²) in [6, 6.07) is 15.9. The number of benzene rings is 2. The van der Waals surface area contributed by atoms with Crippen molar-refractivity contribution in [3.8, 4) is 17.1 Å². The van der Waals surface area contributed by atoms with Gasteiger partial charge in [0, 0.05) is 11.8 Å². The number of phenolic OH excluding ortho intramolecular Hbond substituents is 1. The van der Waals surface area contributed by atoms with E-state index in [1.54, 1.807) is 18.2 Å². The number of amides is 1. The third kappa shape index (κ3) is 4.38. The highest BCUT2D eigenvalue weighted by molar-refractivity contribution is 5.90. The van der Waals surface area contributed by atoms with Crippen LogP contribution in [0.1, 0.15) is 16.2 Å². The monoisotopic (exact) mass is 334 g/mol. The second-order valence-electron chi connectivity index (χ2n) is 4.96. The largest absolute Gasteiger partial charge is 0.508 e. The summed E-state index contributed by atoms with van der Waals surface area (Å²) in [6.07, 6.45) is 5.00. The Hall–Kier alpha value is -3.74. The summed E-state index contributed by atoms with van der Waals surface area (Å²) in [5.74, 6) is -0.435. The van der Waals surface area contributed by atoms with E-state index in [0.717, 1.165) is 5.56 Å². The lowest BCUT2D eigenvalue weighted by Gasteiger charge is -1.94. The zero-order chi connectivity index (χ0) is 17.5. The van der Waals surface area contributed by atoms with Crippen molar-refractivity contribution in [3.63, 3.8) is 0 Å². The van der Waals surface area contributed by atoms with Gasteiger partial charge in [0.2, 0.25) is 5.82 Å². The third-order valence-electron chi connectivity index (χ3n) is 3.16. The van der Waals surface area contributed by atoms with E-state index in [1.807, 2.05) is 36.4 Å². The van der Waals surface area contributed by atoms with E-state index in [2.05, 4.69) is 20.7 Å². The van der Waals surface area contributed by atoms with Crippen LogP contribution in [-0.2, 0) is 0 Å². The number of hydrazone groups is 1. The lowest BCUT2D eigenvalue weighted by molar-refractivity contribution is 0.0911. The van der Waals surface area contributed by atoms with Crippen LogP contribution in [0.5, 0.6) is 5.75 Å². The number of nitrogens with one attached hydrogen (secondary N) is 1. The van der Waals surface area contributed by atoms with Crippen LogP contribution in [0.15, 0.2) is 70.3 Å². The van der Waals surface area contributed by atoms with E-state index in [1.165, 1.54) is 18.3 Å². The van der Waals surface area contributed by atoms with Crippen molar-refractivity contribution in [1.82, 2.24) is 15.6 Å². The molecule has 0 spiro atoms. The number of hydrogen-bond acceptors (Lipinski definition) is 6. The molecule has 3 rings (SSSR count). The van der Waals surface area contributed by atoms with Crippen molar-refractivity contribution >= 4 is 18.2 Å². The third-order valence-corrected chi connectivity index (χ3v) is 3.16. The van der Waals surface area contributed by atoms with Gasteiger partial charge < -0.3 is 9.63 Å². The summed E-state index contributed by atoms with van der Waals surface area (Å²) in [6.45, 7) is 0. The summed E-state index contributed by atoms with van der Waals surface area (Å²) >= 11 is 0. The molecule has 0 radical (unpaired) electrons. The summed E-state index contributed by atoms with van der Waals surface area (Å²) in [4.78, 5) is 15.9. The van der Waals surface area contributed by atoms with E-state index >= 15 is 0 Å². The minimum Gasteiger partial charge on any atom is -0.508 e. The summed E-state index contributed by atoms with van der Waals surface area (Å²) < 4.78 is 4.91. The molecule has 7 nitrogen and oxygen atoms in total. The smallest absolute Gasteiger partial charge is 0.329 e. The average molecular weight is 334 g/mol. The Labute approximate surface area is 143 Å². The maximum absolute atomic E-state index is 11.9. The zero-order valence-electron chi connectivity index (χ0n) is 13.0. The number of carbonyl (C=O) groups is 1. The molecule has 2 N–H and O–H groups in total. The topological polar surface area (TPSA) is 101 Å². The van der Waals surface area contributed by atoms with Crippen LogP contribution in [0.2, 0.25) is 0 Å². The maximum Gasteiger partial charge on any atom is 0.329 e. The molecule has 0 aliphatic rings. The second kappa shape index (κ2) is 7.69. The van der Waals surface area contributed by atoms with Gasteiger partial charge in [0.25, 0.3) is 0 Å². The molecule has 7 heteroatoms. The molecule has 0 aliphatic heterocycles. The van der Waals surface area contributed by atoms with Gasteiger partial charge in [-0.1, -0.05) is 41.6 Å². The second-order valence-corrected chi connectivity index (χ2v) is 4.96. The molecule has 124 valence electrons. The van der Waals surface area contributed by atoms with Crippen LogP contribution in [-0.4, -0.2) is 27.4 Å². The van der Waals surface area contributed by atoms with E-state index in [-0.39, 0.29) is 17.5 Å². The molecular weight excluding hydrogens is 320 g/mol. The summed E-state index contributed by atoms with van der Waals surface area (Å²) in [5, 5.41) is 16.8. The maximum atomic E-state index is 11.9. The van der Waals surface area contributed by atoms with Gasteiger partial charge >= 0.3 is 11.8 Å². The molecule has 0 fully saturated rings. The van der Waals surface area contributed by atoms with Gasteiger partial charge in [-0.15, -0.1) is 0 Å². The highest BCUT2D eigenvalue weighted by Crippen LogP contribution is 2.18. The van der Waals surface area contributed by atoms with E-state index < -0.39 is 5.91 Å². The molecule has 0 atom stereocenters. The predicted octanol–water partition coefficient (Wildman–Crippen LogP) is 2.87. The molecule has 1 heterocycles. The lowest BCUT2D eigenvalue weighted by Crippen LogP contribution is -2.17. The Kier molecular flexibility index (Phi) is 4.96. The van der Waals surface area contributed by atoms with Crippen molar-refractivity contribution in [2.45, 2.75) is 0 Å². The number of hydrogen-bond donors (Lipinski definition) is 2. The van der Waals surface area contributed by atoms with Gasteiger partial charge in [-0.05, 0) is 35.9 Å². The molecule has 25 heavy (non-hydrogen) atoms. The number of allylic oxidation sites excluding steroid dienone is 1. The van der Waals surface area contributed by atoms with Crippen LogP contribution in [0, 0.1) is 0 Å². The SMILES string of the molecule is O=C(N/N=C/C=C/c1ccccc1)c1nc(-c2ccc(O)cc2)no1. The van der Waals surface area contributed by atoms with Crippen molar-refractivity contribution in [2.75, 3.05) is 0 Å². The highest BCUT2D eigenvalue weighted by Gasteiger charge is 2.15. The Morgan fingerprint density at radius 1 is 1.12 bits per heavy atom. The van der Waals surface area contributed by atoms with Gasteiger partial charge in [0.05, 0.1) is 0 Å².